The van der Waals surface area contributed by atoms with Crippen molar-refractivity contribution < 1.29 is 14.3 Å². The van der Waals surface area contributed by atoms with Gasteiger partial charge in [0.1, 0.15) is 5.69 Å². The second kappa shape index (κ2) is 6.45. The molecule has 2 aromatic rings. The molecule has 0 saturated heterocycles. The Kier molecular flexibility index (Phi) is 4.64. The van der Waals surface area contributed by atoms with Gasteiger partial charge in [-0.15, -0.1) is 11.3 Å². The summed E-state index contributed by atoms with van der Waals surface area (Å²) in [5.74, 6) is 1.12. The highest BCUT2D eigenvalue weighted by atomic mass is 32.1. The van der Waals surface area contributed by atoms with E-state index in [1.807, 2.05) is 18.2 Å². The summed E-state index contributed by atoms with van der Waals surface area (Å²) < 4.78 is 10.4. The van der Waals surface area contributed by atoms with Crippen molar-refractivity contribution in [2.24, 2.45) is 0 Å². The number of carbonyl (C=O) groups excluding carboxylic acids is 1. The molecule has 7 heteroatoms. The van der Waals surface area contributed by atoms with Crippen molar-refractivity contribution >= 4 is 22.4 Å². The SMILES string of the molecule is COc1ccc(CN(C)C(=O)c2csc(N)n2)cc1OC. The monoisotopic (exact) mass is 307 g/mol. The molecule has 112 valence electrons. The predicted molar refractivity (Wildman–Crippen MR) is 81.9 cm³/mol. The first-order valence-electron chi connectivity index (χ1n) is 6.22. The van der Waals surface area contributed by atoms with E-state index in [4.69, 9.17) is 15.2 Å². The number of hydrogen-bond acceptors (Lipinski definition) is 6. The lowest BCUT2D eigenvalue weighted by Crippen LogP contribution is -2.26. The van der Waals surface area contributed by atoms with E-state index in [2.05, 4.69) is 4.98 Å². The number of amides is 1. The lowest BCUT2D eigenvalue weighted by molar-refractivity contribution is 0.0780. The van der Waals surface area contributed by atoms with Crippen LogP contribution < -0.4 is 15.2 Å². The summed E-state index contributed by atoms with van der Waals surface area (Å²) in [5, 5.41) is 2.04. The third-order valence-electron chi connectivity index (χ3n) is 2.96. The van der Waals surface area contributed by atoms with Crippen LogP contribution in [0, 0.1) is 0 Å². The zero-order valence-electron chi connectivity index (χ0n) is 12.1. The van der Waals surface area contributed by atoms with Gasteiger partial charge < -0.3 is 20.1 Å². The maximum atomic E-state index is 12.2. The molecule has 1 heterocycles. The number of carbonyl (C=O) groups is 1. The summed E-state index contributed by atoms with van der Waals surface area (Å²) in [7, 11) is 4.88. The van der Waals surface area contributed by atoms with Crippen LogP contribution in [0.25, 0.3) is 0 Å². The summed E-state index contributed by atoms with van der Waals surface area (Å²) in [4.78, 5) is 17.8. The van der Waals surface area contributed by atoms with E-state index < -0.39 is 0 Å². The molecule has 2 N–H and O–H groups in total. The number of benzene rings is 1. The van der Waals surface area contributed by atoms with Crippen LogP contribution in [0.3, 0.4) is 0 Å². The molecule has 0 aliphatic heterocycles. The Labute approximate surface area is 127 Å². The molecule has 1 aromatic heterocycles. The number of anilines is 1. The van der Waals surface area contributed by atoms with Crippen LogP contribution in [0.2, 0.25) is 0 Å². The average molecular weight is 307 g/mol. The van der Waals surface area contributed by atoms with Gasteiger partial charge in [0.2, 0.25) is 0 Å². The molecule has 1 amide bonds. The summed E-state index contributed by atoms with van der Waals surface area (Å²) in [5.41, 5.74) is 6.84. The smallest absolute Gasteiger partial charge is 0.273 e. The number of rotatable bonds is 5. The zero-order chi connectivity index (χ0) is 15.4. The number of methoxy groups -OCH3 is 2. The molecule has 0 fully saturated rings. The van der Waals surface area contributed by atoms with E-state index in [-0.39, 0.29) is 5.91 Å². The largest absolute Gasteiger partial charge is 0.493 e. The van der Waals surface area contributed by atoms with Gasteiger partial charge in [0.05, 0.1) is 14.2 Å². The van der Waals surface area contributed by atoms with Gasteiger partial charge in [-0.3, -0.25) is 4.79 Å². The molecule has 0 aliphatic rings. The molecule has 0 unspecified atom stereocenters. The molecule has 0 radical (unpaired) electrons. The van der Waals surface area contributed by atoms with E-state index in [1.165, 1.54) is 11.3 Å². The van der Waals surface area contributed by atoms with Crippen molar-refractivity contribution in [1.82, 2.24) is 9.88 Å². The average Bonchev–Trinajstić information content (AvgIpc) is 2.92. The topological polar surface area (TPSA) is 77.7 Å². The van der Waals surface area contributed by atoms with Gasteiger partial charge in [0.25, 0.3) is 5.91 Å². The molecule has 0 spiro atoms. The maximum Gasteiger partial charge on any atom is 0.273 e. The van der Waals surface area contributed by atoms with Crippen LogP contribution in [-0.2, 0) is 6.54 Å². The minimum Gasteiger partial charge on any atom is -0.493 e. The number of nitrogen functional groups attached to an aromatic ring is 1. The first-order valence-corrected chi connectivity index (χ1v) is 7.10. The van der Waals surface area contributed by atoms with Gasteiger partial charge >= 0.3 is 0 Å². The summed E-state index contributed by atoms with van der Waals surface area (Å²) in [6.45, 7) is 0.441. The highest BCUT2D eigenvalue weighted by molar-refractivity contribution is 7.13. The second-order valence-electron chi connectivity index (χ2n) is 4.42. The van der Waals surface area contributed by atoms with Crippen molar-refractivity contribution in [2.75, 3.05) is 27.0 Å². The third-order valence-corrected chi connectivity index (χ3v) is 3.63. The minimum absolute atomic E-state index is 0.169. The van der Waals surface area contributed by atoms with E-state index in [0.717, 1.165) is 5.56 Å². The Hall–Kier alpha value is -2.28. The zero-order valence-corrected chi connectivity index (χ0v) is 12.9. The number of thiazole rings is 1. The lowest BCUT2D eigenvalue weighted by atomic mass is 10.2. The highest BCUT2D eigenvalue weighted by Gasteiger charge is 2.16. The van der Waals surface area contributed by atoms with E-state index >= 15 is 0 Å². The fourth-order valence-corrected chi connectivity index (χ4v) is 2.44. The lowest BCUT2D eigenvalue weighted by Gasteiger charge is -2.17. The van der Waals surface area contributed by atoms with Gasteiger partial charge in [-0.1, -0.05) is 6.07 Å². The van der Waals surface area contributed by atoms with E-state index in [0.29, 0.717) is 28.9 Å². The van der Waals surface area contributed by atoms with Crippen LogP contribution in [0.4, 0.5) is 5.13 Å². The van der Waals surface area contributed by atoms with Crippen molar-refractivity contribution in [2.45, 2.75) is 6.54 Å². The fraction of sp³-hybridized carbons (Fsp3) is 0.286. The van der Waals surface area contributed by atoms with Crippen molar-refractivity contribution in [1.29, 1.82) is 0 Å². The fourth-order valence-electron chi connectivity index (χ4n) is 1.91. The normalized spacial score (nSPS) is 10.2. The van der Waals surface area contributed by atoms with Crippen molar-refractivity contribution in [3.63, 3.8) is 0 Å². The summed E-state index contributed by atoms with van der Waals surface area (Å²) in [6.07, 6.45) is 0. The molecule has 2 rings (SSSR count). The molecule has 0 aliphatic carbocycles. The molecule has 21 heavy (non-hydrogen) atoms. The van der Waals surface area contributed by atoms with Gasteiger partial charge in [0.15, 0.2) is 16.6 Å². The van der Waals surface area contributed by atoms with Crippen LogP contribution in [0.1, 0.15) is 16.1 Å². The first kappa shape index (κ1) is 15.1. The molecule has 0 saturated carbocycles. The Morgan fingerprint density at radius 1 is 1.33 bits per heavy atom. The van der Waals surface area contributed by atoms with Crippen molar-refractivity contribution in [3.05, 3.63) is 34.8 Å². The Balaban J connectivity index is 2.12. The number of hydrogen-bond donors (Lipinski definition) is 1. The number of nitrogens with two attached hydrogens (primary N) is 1. The summed E-state index contributed by atoms with van der Waals surface area (Å²) in [6, 6.07) is 5.55. The van der Waals surface area contributed by atoms with Gasteiger partial charge in [-0.05, 0) is 17.7 Å². The second-order valence-corrected chi connectivity index (χ2v) is 5.31. The van der Waals surface area contributed by atoms with Crippen LogP contribution in [0.15, 0.2) is 23.6 Å². The molecule has 0 atom stereocenters. The Morgan fingerprint density at radius 3 is 2.62 bits per heavy atom. The molecule has 1 aromatic carbocycles. The maximum absolute atomic E-state index is 12.2. The molecular formula is C14H17N3O3S. The molecule has 0 bridgehead atoms. The minimum atomic E-state index is -0.169. The van der Waals surface area contributed by atoms with Crippen molar-refractivity contribution in [3.8, 4) is 11.5 Å². The Morgan fingerprint density at radius 2 is 2.05 bits per heavy atom. The molecule has 6 nitrogen and oxygen atoms in total. The number of ether oxygens (including phenoxy) is 2. The third kappa shape index (κ3) is 3.43. The first-order chi connectivity index (χ1) is 10.0. The summed E-state index contributed by atoms with van der Waals surface area (Å²) >= 11 is 1.25. The van der Waals surface area contributed by atoms with Gasteiger partial charge in [-0.2, -0.15) is 0 Å². The van der Waals surface area contributed by atoms with E-state index in [9.17, 15) is 4.79 Å². The predicted octanol–water partition coefficient (Wildman–Crippen LogP) is 2.01. The highest BCUT2D eigenvalue weighted by Crippen LogP contribution is 2.28. The number of aromatic nitrogens is 1. The van der Waals surface area contributed by atoms with Crippen LogP contribution >= 0.6 is 11.3 Å². The van der Waals surface area contributed by atoms with Crippen LogP contribution in [0.5, 0.6) is 11.5 Å². The van der Waals surface area contributed by atoms with Crippen LogP contribution in [-0.4, -0.2) is 37.1 Å². The van der Waals surface area contributed by atoms with Gasteiger partial charge in [-0.25, -0.2) is 4.98 Å². The number of nitrogens with zero attached hydrogens (tertiary/aromatic N) is 2. The Bertz CT molecular complexity index is 642. The molecular weight excluding hydrogens is 290 g/mol. The quantitative estimate of drug-likeness (QED) is 0.914. The standard InChI is InChI=1S/C14H17N3O3S/c1-17(13(18)10-8-21-14(15)16-10)7-9-4-5-11(19-2)12(6-9)20-3/h4-6,8H,7H2,1-3H3,(H2,15,16). The van der Waals surface area contributed by atoms with E-state index in [1.54, 1.807) is 31.5 Å². The van der Waals surface area contributed by atoms with Gasteiger partial charge in [0, 0.05) is 19.0 Å².